The third kappa shape index (κ3) is 6.31. The number of nitrogens with zero attached hydrogens (tertiary/aromatic N) is 6. The number of benzene rings is 1. The van der Waals surface area contributed by atoms with Crippen LogP contribution < -0.4 is 20.4 Å². The Kier molecular flexibility index (Phi) is 7.72. The Bertz CT molecular complexity index is 1300. The minimum atomic E-state index is -4.51. The van der Waals surface area contributed by atoms with Gasteiger partial charge in [0.05, 0.1) is 5.52 Å². The predicted octanol–water partition coefficient (Wildman–Crippen LogP) is 4.26. The van der Waals surface area contributed by atoms with Crippen LogP contribution >= 0.6 is 0 Å². The molecule has 9 nitrogen and oxygen atoms in total. The molecule has 1 aliphatic carbocycles. The number of carbonyl (C=O) groups excluding carboxylic acids is 1. The van der Waals surface area contributed by atoms with Gasteiger partial charge in [0.1, 0.15) is 11.5 Å². The van der Waals surface area contributed by atoms with Crippen molar-refractivity contribution in [2.24, 2.45) is 5.92 Å². The second-order valence-corrected chi connectivity index (χ2v) is 10.5. The van der Waals surface area contributed by atoms with E-state index in [1.54, 1.807) is 4.90 Å². The monoisotopic (exact) mass is 542 g/mol. The summed E-state index contributed by atoms with van der Waals surface area (Å²) in [5, 5.41) is 7.70. The number of para-hydroxylation sites is 1. The fraction of sp³-hybridized carbons (Fsp3) is 0.519. The maximum absolute atomic E-state index is 13.0. The number of hydrogen-bond donors (Lipinski definition) is 2. The number of halogens is 3. The minimum absolute atomic E-state index is 0.0181. The summed E-state index contributed by atoms with van der Waals surface area (Å²) in [4.78, 5) is 33.7. The zero-order valence-corrected chi connectivity index (χ0v) is 22.1. The molecule has 2 aromatic heterocycles. The van der Waals surface area contributed by atoms with Crippen molar-refractivity contribution in [3.8, 4) is 0 Å². The Labute approximate surface area is 225 Å². The number of carbonyl (C=O) groups is 1. The maximum Gasteiger partial charge on any atom is 0.433 e. The molecule has 0 spiro atoms. The van der Waals surface area contributed by atoms with Crippen molar-refractivity contribution >= 4 is 34.5 Å². The summed E-state index contributed by atoms with van der Waals surface area (Å²) in [5.74, 6) is 1.39. The third-order valence-corrected chi connectivity index (χ3v) is 7.50. The molecular weight excluding hydrogens is 509 g/mol. The normalized spacial score (nSPS) is 20.6. The molecule has 1 aromatic carbocycles. The van der Waals surface area contributed by atoms with Gasteiger partial charge in [0.15, 0.2) is 0 Å². The zero-order chi connectivity index (χ0) is 27.6. The number of hydrogen-bond acceptors (Lipinski definition) is 8. The van der Waals surface area contributed by atoms with Crippen LogP contribution in [0.2, 0.25) is 0 Å². The lowest BCUT2D eigenvalue weighted by Crippen LogP contribution is -2.46. The van der Waals surface area contributed by atoms with Gasteiger partial charge in [-0.25, -0.2) is 15.0 Å². The minimum Gasteiger partial charge on any atom is -0.362 e. The molecule has 1 saturated heterocycles. The molecule has 1 aliphatic heterocycles. The molecule has 0 radical (unpaired) electrons. The quantitative estimate of drug-likeness (QED) is 0.477. The summed E-state index contributed by atoms with van der Waals surface area (Å²) >= 11 is 0. The third-order valence-electron chi connectivity index (χ3n) is 7.50. The number of anilines is 3. The Morgan fingerprint density at radius 2 is 1.64 bits per heavy atom. The van der Waals surface area contributed by atoms with Gasteiger partial charge in [0.2, 0.25) is 17.8 Å². The molecule has 2 aliphatic rings. The molecule has 1 amide bonds. The number of nitrogens with one attached hydrogen (secondary N) is 2. The van der Waals surface area contributed by atoms with Crippen molar-refractivity contribution in [1.82, 2.24) is 25.3 Å². The molecule has 3 heterocycles. The second kappa shape index (κ2) is 11.2. The van der Waals surface area contributed by atoms with E-state index in [-0.39, 0.29) is 29.9 Å². The van der Waals surface area contributed by atoms with E-state index < -0.39 is 11.9 Å². The van der Waals surface area contributed by atoms with Gasteiger partial charge in [-0.3, -0.25) is 4.79 Å². The summed E-state index contributed by atoms with van der Waals surface area (Å²) in [6.07, 6.45) is 1.21. The van der Waals surface area contributed by atoms with E-state index in [4.69, 9.17) is 9.97 Å². The van der Waals surface area contributed by atoms with Crippen molar-refractivity contribution in [2.45, 2.75) is 56.8 Å². The number of rotatable bonds is 6. The van der Waals surface area contributed by atoms with Gasteiger partial charge in [0, 0.05) is 56.8 Å². The van der Waals surface area contributed by atoms with Gasteiger partial charge < -0.3 is 20.4 Å². The van der Waals surface area contributed by atoms with Gasteiger partial charge in [-0.1, -0.05) is 12.1 Å². The second-order valence-electron chi connectivity index (χ2n) is 10.5. The first-order valence-corrected chi connectivity index (χ1v) is 13.3. The molecule has 12 heteroatoms. The van der Waals surface area contributed by atoms with Crippen molar-refractivity contribution in [3.63, 3.8) is 0 Å². The fourth-order valence-electron chi connectivity index (χ4n) is 5.35. The molecule has 2 N–H and O–H groups in total. The van der Waals surface area contributed by atoms with Gasteiger partial charge in [-0.2, -0.15) is 18.2 Å². The first kappa shape index (κ1) is 26.9. The topological polar surface area (TPSA) is 99.2 Å². The van der Waals surface area contributed by atoms with Gasteiger partial charge in [0.25, 0.3) is 0 Å². The lowest BCUT2D eigenvalue weighted by Gasteiger charge is -2.34. The molecule has 3 aromatic rings. The molecule has 208 valence electrons. The summed E-state index contributed by atoms with van der Waals surface area (Å²) in [6, 6.07) is 9.15. The van der Waals surface area contributed by atoms with E-state index in [2.05, 4.69) is 20.6 Å². The highest BCUT2D eigenvalue weighted by atomic mass is 19.4. The van der Waals surface area contributed by atoms with Crippen molar-refractivity contribution in [1.29, 1.82) is 0 Å². The Hall–Kier alpha value is -3.70. The molecule has 0 atom stereocenters. The number of alkyl halides is 3. The lowest BCUT2D eigenvalue weighted by atomic mass is 9.90. The molecule has 39 heavy (non-hydrogen) atoms. The summed E-state index contributed by atoms with van der Waals surface area (Å²) in [5.41, 5.74) is -0.0620. The van der Waals surface area contributed by atoms with Crippen LogP contribution in [0, 0.1) is 5.92 Å². The maximum atomic E-state index is 13.0. The first-order chi connectivity index (χ1) is 18.7. The molecule has 0 unspecified atom stereocenters. The lowest BCUT2D eigenvalue weighted by molar-refractivity contribution is -0.141. The first-order valence-electron chi connectivity index (χ1n) is 13.3. The molecule has 5 rings (SSSR count). The van der Waals surface area contributed by atoms with Crippen molar-refractivity contribution in [2.75, 3.05) is 42.3 Å². The van der Waals surface area contributed by atoms with Crippen LogP contribution in [0.15, 0.2) is 36.5 Å². The predicted molar refractivity (Wildman–Crippen MR) is 144 cm³/mol. The Morgan fingerprint density at radius 3 is 2.33 bits per heavy atom. The van der Waals surface area contributed by atoms with Crippen LogP contribution in [-0.2, 0) is 11.0 Å². The molecule has 0 bridgehead atoms. The summed E-state index contributed by atoms with van der Waals surface area (Å²) < 4.78 is 39.0. The van der Waals surface area contributed by atoms with E-state index in [1.807, 2.05) is 43.3 Å². The Balaban J connectivity index is 1.10. The Morgan fingerprint density at radius 1 is 0.949 bits per heavy atom. The van der Waals surface area contributed by atoms with Gasteiger partial charge >= 0.3 is 6.18 Å². The van der Waals surface area contributed by atoms with E-state index in [9.17, 15) is 18.0 Å². The number of aromatic nitrogens is 4. The van der Waals surface area contributed by atoms with Crippen molar-refractivity contribution < 1.29 is 18.0 Å². The van der Waals surface area contributed by atoms with Gasteiger partial charge in [-0.05, 0) is 56.7 Å². The van der Waals surface area contributed by atoms with Crippen LogP contribution in [0.25, 0.3) is 10.9 Å². The van der Waals surface area contributed by atoms with E-state index in [0.717, 1.165) is 54.7 Å². The SMILES string of the molecule is CN(C)c1nc(NC2CCC(NC(=O)C3CCN(c4nccc(C(F)(F)F)n4)CC3)CC2)nc2ccccc12. The fourth-order valence-corrected chi connectivity index (χ4v) is 5.35. The molecule has 2 fully saturated rings. The summed E-state index contributed by atoms with van der Waals surface area (Å²) in [7, 11) is 3.94. The molecular formula is C27H33F3N8O. The number of fused-ring (bicyclic) bond motifs is 1. The van der Waals surface area contributed by atoms with Crippen LogP contribution in [0.4, 0.5) is 30.9 Å². The molecule has 1 saturated carbocycles. The van der Waals surface area contributed by atoms with Crippen LogP contribution in [0.5, 0.6) is 0 Å². The van der Waals surface area contributed by atoms with E-state index in [0.29, 0.717) is 31.9 Å². The van der Waals surface area contributed by atoms with Crippen LogP contribution in [0.3, 0.4) is 0 Å². The van der Waals surface area contributed by atoms with Crippen LogP contribution in [0.1, 0.15) is 44.2 Å². The van der Waals surface area contributed by atoms with E-state index in [1.165, 1.54) is 0 Å². The number of amides is 1. The smallest absolute Gasteiger partial charge is 0.362 e. The highest BCUT2D eigenvalue weighted by molar-refractivity contribution is 5.90. The number of piperidine rings is 1. The summed E-state index contributed by atoms with van der Waals surface area (Å²) in [6.45, 7) is 0.882. The average molecular weight is 543 g/mol. The average Bonchev–Trinajstić information content (AvgIpc) is 2.93. The van der Waals surface area contributed by atoms with Crippen molar-refractivity contribution in [3.05, 3.63) is 42.2 Å². The largest absolute Gasteiger partial charge is 0.433 e. The zero-order valence-electron chi connectivity index (χ0n) is 22.1. The van der Waals surface area contributed by atoms with Gasteiger partial charge in [-0.15, -0.1) is 0 Å². The highest BCUT2D eigenvalue weighted by Crippen LogP contribution is 2.30. The van der Waals surface area contributed by atoms with Crippen LogP contribution in [-0.4, -0.2) is 65.1 Å². The highest BCUT2D eigenvalue weighted by Gasteiger charge is 2.34. The standard InChI is InChI=1S/C27H33F3N8O/c1-37(2)23-20-5-3-4-6-21(20)34-25(36-23)33-19-9-7-18(8-10-19)32-24(39)17-12-15-38(16-13-17)26-31-14-11-22(35-26)27(28,29)30/h3-6,11,14,17-19H,7-10,12-13,15-16H2,1-2H3,(H,32,39)(H,33,34,36). The van der Waals surface area contributed by atoms with E-state index >= 15 is 0 Å².